The lowest BCUT2D eigenvalue weighted by molar-refractivity contribution is 0.0943. The Bertz CT molecular complexity index is 740. The SMILES string of the molecule is CCC1CC(C)CN1C(=O)OCC1c2ccccc2-c2ccccc21. The minimum absolute atomic E-state index is 0.136. The highest BCUT2D eigenvalue weighted by Gasteiger charge is 2.34. The van der Waals surface area contributed by atoms with E-state index in [1.54, 1.807) is 0 Å². The molecule has 0 N–H and O–H groups in total. The molecule has 1 amide bonds. The maximum absolute atomic E-state index is 12.6. The number of amides is 1. The molecule has 1 aliphatic carbocycles. The second-order valence-corrected chi connectivity index (χ2v) is 7.36. The summed E-state index contributed by atoms with van der Waals surface area (Å²) in [5.74, 6) is 0.696. The van der Waals surface area contributed by atoms with Gasteiger partial charge in [0.2, 0.25) is 0 Å². The summed E-state index contributed by atoms with van der Waals surface area (Å²) in [6.07, 6.45) is 1.92. The molecule has 1 aliphatic heterocycles. The predicted molar refractivity (Wildman–Crippen MR) is 99.6 cm³/mol. The molecule has 25 heavy (non-hydrogen) atoms. The summed E-state index contributed by atoms with van der Waals surface area (Å²) in [6.45, 7) is 5.58. The molecule has 2 unspecified atom stereocenters. The van der Waals surface area contributed by atoms with Crippen LogP contribution in [0, 0.1) is 5.92 Å². The van der Waals surface area contributed by atoms with E-state index in [1.165, 1.54) is 22.3 Å². The second-order valence-electron chi connectivity index (χ2n) is 7.36. The minimum Gasteiger partial charge on any atom is -0.448 e. The lowest BCUT2D eigenvalue weighted by atomic mass is 9.98. The van der Waals surface area contributed by atoms with E-state index in [-0.39, 0.29) is 12.0 Å². The van der Waals surface area contributed by atoms with Crippen molar-refractivity contribution in [3.05, 3.63) is 59.7 Å². The molecule has 1 heterocycles. The number of hydrogen-bond donors (Lipinski definition) is 0. The fourth-order valence-corrected chi connectivity index (χ4v) is 4.44. The summed E-state index contributed by atoms with van der Waals surface area (Å²) in [5, 5.41) is 0. The molecule has 3 nitrogen and oxygen atoms in total. The zero-order valence-electron chi connectivity index (χ0n) is 14.9. The van der Waals surface area contributed by atoms with Crippen LogP contribution in [0.4, 0.5) is 4.79 Å². The quantitative estimate of drug-likeness (QED) is 0.785. The van der Waals surface area contributed by atoms with Crippen LogP contribution >= 0.6 is 0 Å². The molecule has 0 spiro atoms. The first-order valence-corrected chi connectivity index (χ1v) is 9.30. The van der Waals surface area contributed by atoms with Crippen molar-refractivity contribution in [2.45, 2.75) is 38.6 Å². The van der Waals surface area contributed by atoms with Crippen molar-refractivity contribution in [1.82, 2.24) is 4.90 Å². The van der Waals surface area contributed by atoms with E-state index in [9.17, 15) is 4.79 Å². The molecule has 1 fully saturated rings. The highest BCUT2D eigenvalue weighted by Crippen LogP contribution is 2.44. The standard InChI is InChI=1S/C22H25NO2/c1-3-16-12-15(2)13-23(16)22(24)25-14-21-19-10-6-4-8-17(19)18-9-5-7-11-20(18)21/h4-11,15-16,21H,3,12-14H2,1-2H3. The topological polar surface area (TPSA) is 29.5 Å². The number of carbonyl (C=O) groups excluding carboxylic acids is 1. The molecule has 3 heteroatoms. The molecule has 0 saturated carbocycles. The third kappa shape index (κ3) is 2.82. The van der Waals surface area contributed by atoms with E-state index >= 15 is 0 Å². The monoisotopic (exact) mass is 335 g/mol. The highest BCUT2D eigenvalue weighted by atomic mass is 16.6. The predicted octanol–water partition coefficient (Wildman–Crippen LogP) is 5.06. The van der Waals surface area contributed by atoms with Gasteiger partial charge in [-0.25, -0.2) is 4.79 Å². The molecule has 0 aromatic heterocycles. The third-order valence-electron chi connectivity index (χ3n) is 5.67. The Morgan fingerprint density at radius 2 is 1.68 bits per heavy atom. The van der Waals surface area contributed by atoms with Crippen molar-refractivity contribution in [3.8, 4) is 11.1 Å². The van der Waals surface area contributed by atoms with Crippen LogP contribution in [0.5, 0.6) is 0 Å². The number of hydrogen-bond acceptors (Lipinski definition) is 2. The number of likely N-dealkylation sites (tertiary alicyclic amines) is 1. The molecule has 2 aromatic rings. The molecule has 2 aromatic carbocycles. The van der Waals surface area contributed by atoms with Gasteiger partial charge in [-0.3, -0.25) is 0 Å². The van der Waals surface area contributed by atoms with Crippen molar-refractivity contribution in [3.63, 3.8) is 0 Å². The molecule has 4 rings (SSSR count). The van der Waals surface area contributed by atoms with Gasteiger partial charge in [0.25, 0.3) is 0 Å². The van der Waals surface area contributed by atoms with Gasteiger partial charge < -0.3 is 9.64 Å². The van der Waals surface area contributed by atoms with Crippen molar-refractivity contribution in [1.29, 1.82) is 0 Å². The summed E-state index contributed by atoms with van der Waals surface area (Å²) in [7, 11) is 0. The van der Waals surface area contributed by atoms with Crippen LogP contribution in [-0.2, 0) is 4.74 Å². The van der Waals surface area contributed by atoms with Crippen LogP contribution in [0.15, 0.2) is 48.5 Å². The largest absolute Gasteiger partial charge is 0.448 e. The molecular formula is C22H25NO2. The molecule has 130 valence electrons. The van der Waals surface area contributed by atoms with Gasteiger partial charge in [0, 0.05) is 18.5 Å². The Labute approximate surface area is 149 Å². The third-order valence-corrected chi connectivity index (χ3v) is 5.67. The van der Waals surface area contributed by atoms with E-state index in [0.29, 0.717) is 18.6 Å². The molecule has 0 bridgehead atoms. The Morgan fingerprint density at radius 3 is 2.28 bits per heavy atom. The molecule has 0 radical (unpaired) electrons. The van der Waals surface area contributed by atoms with Crippen molar-refractivity contribution < 1.29 is 9.53 Å². The lowest BCUT2D eigenvalue weighted by Crippen LogP contribution is -2.36. The van der Waals surface area contributed by atoms with E-state index < -0.39 is 0 Å². The van der Waals surface area contributed by atoms with Crippen LogP contribution in [0.2, 0.25) is 0 Å². The zero-order valence-corrected chi connectivity index (χ0v) is 14.9. The van der Waals surface area contributed by atoms with Crippen molar-refractivity contribution in [2.24, 2.45) is 5.92 Å². The van der Waals surface area contributed by atoms with E-state index in [0.717, 1.165) is 19.4 Å². The maximum atomic E-state index is 12.6. The van der Waals surface area contributed by atoms with Gasteiger partial charge in [-0.05, 0) is 41.0 Å². The normalized spacial score (nSPS) is 21.9. The number of carbonyl (C=O) groups is 1. The first-order valence-electron chi connectivity index (χ1n) is 9.30. The van der Waals surface area contributed by atoms with Crippen LogP contribution in [-0.4, -0.2) is 30.2 Å². The second kappa shape index (κ2) is 6.55. The fraction of sp³-hybridized carbons (Fsp3) is 0.409. The molecule has 2 atom stereocenters. The fourth-order valence-electron chi connectivity index (χ4n) is 4.44. The summed E-state index contributed by atoms with van der Waals surface area (Å²) in [4.78, 5) is 14.6. The van der Waals surface area contributed by atoms with Gasteiger partial charge in [-0.2, -0.15) is 0 Å². The Hall–Kier alpha value is -2.29. The van der Waals surface area contributed by atoms with E-state index in [4.69, 9.17) is 4.74 Å². The first-order chi connectivity index (χ1) is 12.2. The Balaban J connectivity index is 1.53. The van der Waals surface area contributed by atoms with Crippen LogP contribution < -0.4 is 0 Å². The number of rotatable bonds is 3. The molecular weight excluding hydrogens is 310 g/mol. The van der Waals surface area contributed by atoms with Crippen LogP contribution in [0.1, 0.15) is 43.7 Å². The van der Waals surface area contributed by atoms with Gasteiger partial charge in [0.1, 0.15) is 6.61 Å². The number of fused-ring (bicyclic) bond motifs is 3. The average molecular weight is 335 g/mol. The minimum atomic E-state index is -0.155. The van der Waals surface area contributed by atoms with Gasteiger partial charge in [0.05, 0.1) is 0 Å². The number of nitrogens with zero attached hydrogens (tertiary/aromatic N) is 1. The summed E-state index contributed by atoms with van der Waals surface area (Å²) < 4.78 is 5.79. The van der Waals surface area contributed by atoms with Crippen molar-refractivity contribution >= 4 is 6.09 Å². The van der Waals surface area contributed by atoms with E-state index in [1.807, 2.05) is 4.90 Å². The van der Waals surface area contributed by atoms with Gasteiger partial charge in [-0.15, -0.1) is 0 Å². The van der Waals surface area contributed by atoms with Crippen LogP contribution in [0.25, 0.3) is 11.1 Å². The average Bonchev–Trinajstić information content (AvgIpc) is 3.18. The molecule has 1 saturated heterocycles. The van der Waals surface area contributed by atoms with Gasteiger partial charge >= 0.3 is 6.09 Å². The zero-order chi connectivity index (χ0) is 17.4. The summed E-state index contributed by atoms with van der Waals surface area (Å²) in [6, 6.07) is 17.2. The highest BCUT2D eigenvalue weighted by molar-refractivity contribution is 5.79. The summed E-state index contributed by atoms with van der Waals surface area (Å²) >= 11 is 0. The summed E-state index contributed by atoms with van der Waals surface area (Å²) in [5.41, 5.74) is 5.05. The molecule has 2 aliphatic rings. The van der Waals surface area contributed by atoms with Gasteiger partial charge in [-0.1, -0.05) is 62.4 Å². The van der Waals surface area contributed by atoms with Crippen LogP contribution in [0.3, 0.4) is 0 Å². The van der Waals surface area contributed by atoms with Gasteiger partial charge in [0.15, 0.2) is 0 Å². The number of benzene rings is 2. The van der Waals surface area contributed by atoms with Crippen molar-refractivity contribution in [2.75, 3.05) is 13.2 Å². The first kappa shape index (κ1) is 16.2. The smallest absolute Gasteiger partial charge is 0.410 e. The van der Waals surface area contributed by atoms with E-state index in [2.05, 4.69) is 62.4 Å². The maximum Gasteiger partial charge on any atom is 0.410 e. The Kier molecular flexibility index (Phi) is 4.24. The number of ether oxygens (including phenoxy) is 1. The lowest BCUT2D eigenvalue weighted by Gasteiger charge is -2.24. The Morgan fingerprint density at radius 1 is 1.08 bits per heavy atom.